The van der Waals surface area contributed by atoms with Crippen molar-refractivity contribution in [3.63, 3.8) is 0 Å². The van der Waals surface area contributed by atoms with E-state index in [1.54, 1.807) is 7.11 Å². The zero-order valence-corrected chi connectivity index (χ0v) is 17.1. The van der Waals surface area contributed by atoms with Gasteiger partial charge in [0.05, 0.1) is 7.11 Å². The van der Waals surface area contributed by atoms with Crippen molar-refractivity contribution in [1.82, 2.24) is 10.3 Å². The quantitative estimate of drug-likeness (QED) is 0.438. The number of hydrogen-bond acceptors (Lipinski definition) is 3. The number of benzene rings is 3. The monoisotopic (exact) mass is 418 g/mol. The third-order valence-corrected chi connectivity index (χ3v) is 5.20. The second kappa shape index (κ2) is 9.34. The molecule has 0 bridgehead atoms. The first-order valence-electron chi connectivity index (χ1n) is 9.99. The summed E-state index contributed by atoms with van der Waals surface area (Å²) in [4.78, 5) is 15.7. The van der Waals surface area contributed by atoms with Crippen LogP contribution >= 0.6 is 0 Å². The van der Waals surface area contributed by atoms with Crippen LogP contribution in [0.5, 0.6) is 11.5 Å². The van der Waals surface area contributed by atoms with Gasteiger partial charge in [-0.2, -0.15) is 0 Å². The summed E-state index contributed by atoms with van der Waals surface area (Å²) in [6.45, 7) is 0.259. The average Bonchev–Trinajstić information content (AvgIpc) is 3.23. The molecule has 5 nitrogen and oxygen atoms in total. The first kappa shape index (κ1) is 20.5. The van der Waals surface area contributed by atoms with Crippen LogP contribution in [0.1, 0.15) is 17.0 Å². The third kappa shape index (κ3) is 4.86. The molecule has 0 aliphatic carbocycles. The van der Waals surface area contributed by atoms with Gasteiger partial charge in [0.15, 0.2) is 6.61 Å². The first-order valence-corrected chi connectivity index (χ1v) is 9.99. The van der Waals surface area contributed by atoms with Gasteiger partial charge in [-0.3, -0.25) is 4.79 Å². The maximum absolute atomic E-state index is 13.0. The van der Waals surface area contributed by atoms with Crippen LogP contribution in [0.2, 0.25) is 0 Å². The van der Waals surface area contributed by atoms with Crippen molar-refractivity contribution in [2.24, 2.45) is 0 Å². The normalized spacial score (nSPS) is 11.8. The fourth-order valence-corrected chi connectivity index (χ4v) is 3.57. The molecule has 1 unspecified atom stereocenters. The SMILES string of the molecule is COc1ccc(C(CNC(=O)COc2ccc(F)cc2)c2c[nH]c3ccccc23)cc1. The molecule has 158 valence electrons. The van der Waals surface area contributed by atoms with Gasteiger partial charge in [0.1, 0.15) is 17.3 Å². The Bertz CT molecular complexity index is 1150. The summed E-state index contributed by atoms with van der Waals surface area (Å²) in [5, 5.41) is 4.07. The Balaban J connectivity index is 1.50. The molecule has 1 atom stereocenters. The first-order chi connectivity index (χ1) is 15.1. The second-order valence-corrected chi connectivity index (χ2v) is 7.16. The third-order valence-electron chi connectivity index (χ3n) is 5.20. The highest BCUT2D eigenvalue weighted by Gasteiger charge is 2.19. The van der Waals surface area contributed by atoms with E-state index in [2.05, 4.69) is 16.4 Å². The number of fused-ring (bicyclic) bond motifs is 1. The predicted octanol–water partition coefficient (Wildman–Crippen LogP) is 4.64. The number of aromatic nitrogens is 1. The van der Waals surface area contributed by atoms with E-state index in [0.717, 1.165) is 27.8 Å². The molecule has 0 radical (unpaired) electrons. The van der Waals surface area contributed by atoms with E-state index in [4.69, 9.17) is 9.47 Å². The Kier molecular flexibility index (Phi) is 6.17. The number of carbonyl (C=O) groups is 1. The Hall–Kier alpha value is -3.80. The highest BCUT2D eigenvalue weighted by molar-refractivity contribution is 5.84. The number of carbonyl (C=O) groups excluding carboxylic acids is 1. The van der Waals surface area contributed by atoms with E-state index in [1.165, 1.54) is 24.3 Å². The molecule has 1 amide bonds. The van der Waals surface area contributed by atoms with Gasteiger partial charge in [-0.15, -0.1) is 0 Å². The molecule has 0 saturated carbocycles. The molecular formula is C25H23FN2O3. The van der Waals surface area contributed by atoms with E-state index >= 15 is 0 Å². The summed E-state index contributed by atoms with van der Waals surface area (Å²) < 4.78 is 23.7. The molecule has 6 heteroatoms. The zero-order valence-electron chi connectivity index (χ0n) is 17.1. The number of halogens is 1. The van der Waals surface area contributed by atoms with Crippen molar-refractivity contribution in [2.45, 2.75) is 5.92 Å². The molecule has 0 fully saturated rings. The van der Waals surface area contributed by atoms with E-state index < -0.39 is 0 Å². The van der Waals surface area contributed by atoms with Crippen molar-refractivity contribution in [1.29, 1.82) is 0 Å². The van der Waals surface area contributed by atoms with Crippen LogP contribution in [0.15, 0.2) is 79.0 Å². The minimum absolute atomic E-state index is 0.0585. The Labute approximate surface area is 179 Å². The van der Waals surface area contributed by atoms with Crippen molar-refractivity contribution in [2.75, 3.05) is 20.3 Å². The molecular weight excluding hydrogens is 395 g/mol. The van der Waals surface area contributed by atoms with Crippen molar-refractivity contribution in [3.05, 3.63) is 95.9 Å². The van der Waals surface area contributed by atoms with E-state index in [9.17, 15) is 9.18 Å². The van der Waals surface area contributed by atoms with Crippen molar-refractivity contribution < 1.29 is 18.7 Å². The smallest absolute Gasteiger partial charge is 0.257 e. The van der Waals surface area contributed by atoms with Gasteiger partial charge in [0, 0.05) is 29.6 Å². The van der Waals surface area contributed by atoms with Gasteiger partial charge in [-0.1, -0.05) is 30.3 Å². The molecule has 4 aromatic rings. The number of hydrogen-bond donors (Lipinski definition) is 2. The van der Waals surface area contributed by atoms with Crippen molar-refractivity contribution in [3.8, 4) is 11.5 Å². The highest BCUT2D eigenvalue weighted by atomic mass is 19.1. The summed E-state index contributed by atoms with van der Waals surface area (Å²) in [7, 11) is 1.63. The largest absolute Gasteiger partial charge is 0.497 e. The fraction of sp³-hybridized carbons (Fsp3) is 0.160. The van der Waals surface area contributed by atoms with Crippen LogP contribution in [0.25, 0.3) is 10.9 Å². The van der Waals surface area contributed by atoms with Gasteiger partial charge in [-0.05, 0) is 53.6 Å². The van der Waals surface area contributed by atoms with Crippen LogP contribution in [0.3, 0.4) is 0 Å². The molecule has 0 aliphatic heterocycles. The molecule has 4 rings (SSSR count). The molecule has 0 aliphatic rings. The van der Waals surface area contributed by atoms with Crippen LogP contribution in [0.4, 0.5) is 4.39 Å². The zero-order chi connectivity index (χ0) is 21.6. The summed E-state index contributed by atoms with van der Waals surface area (Å²) in [5.41, 5.74) is 3.20. The molecule has 31 heavy (non-hydrogen) atoms. The number of rotatable bonds is 8. The molecule has 0 spiro atoms. The number of amides is 1. The Morgan fingerprint density at radius 1 is 1.00 bits per heavy atom. The van der Waals surface area contributed by atoms with E-state index in [-0.39, 0.29) is 24.2 Å². The molecule has 3 aromatic carbocycles. The molecule has 1 heterocycles. The summed E-state index contributed by atoms with van der Waals surface area (Å²) in [5.74, 6) is 0.565. The minimum atomic E-state index is -0.349. The van der Waals surface area contributed by atoms with Crippen LogP contribution in [-0.4, -0.2) is 31.2 Å². The maximum Gasteiger partial charge on any atom is 0.257 e. The lowest BCUT2D eigenvalue weighted by atomic mass is 9.91. The number of ether oxygens (including phenoxy) is 2. The fourth-order valence-electron chi connectivity index (χ4n) is 3.57. The van der Waals surface area contributed by atoms with Gasteiger partial charge in [0.25, 0.3) is 5.91 Å². The van der Waals surface area contributed by atoms with E-state index in [1.807, 2.05) is 48.7 Å². The Morgan fingerprint density at radius 2 is 1.71 bits per heavy atom. The maximum atomic E-state index is 13.0. The molecule has 2 N–H and O–H groups in total. The number of H-pyrrole nitrogens is 1. The van der Waals surface area contributed by atoms with Crippen LogP contribution in [0, 0.1) is 5.82 Å². The minimum Gasteiger partial charge on any atom is -0.497 e. The van der Waals surface area contributed by atoms with Gasteiger partial charge in [0.2, 0.25) is 0 Å². The topological polar surface area (TPSA) is 63.4 Å². The highest BCUT2D eigenvalue weighted by Crippen LogP contribution is 2.31. The lowest BCUT2D eigenvalue weighted by molar-refractivity contribution is -0.123. The van der Waals surface area contributed by atoms with Crippen molar-refractivity contribution >= 4 is 16.8 Å². The number of methoxy groups -OCH3 is 1. The van der Waals surface area contributed by atoms with Gasteiger partial charge >= 0.3 is 0 Å². The van der Waals surface area contributed by atoms with Crippen LogP contribution in [-0.2, 0) is 4.79 Å². The number of nitrogens with one attached hydrogen (secondary N) is 2. The van der Waals surface area contributed by atoms with Crippen LogP contribution < -0.4 is 14.8 Å². The number of para-hydroxylation sites is 1. The number of aromatic amines is 1. The predicted molar refractivity (Wildman–Crippen MR) is 118 cm³/mol. The Morgan fingerprint density at radius 3 is 2.45 bits per heavy atom. The molecule has 0 saturated heterocycles. The lowest BCUT2D eigenvalue weighted by Gasteiger charge is -2.19. The lowest BCUT2D eigenvalue weighted by Crippen LogP contribution is -2.32. The summed E-state index contributed by atoms with van der Waals surface area (Å²) in [6, 6.07) is 21.5. The summed E-state index contributed by atoms with van der Waals surface area (Å²) >= 11 is 0. The van der Waals surface area contributed by atoms with Gasteiger partial charge in [-0.25, -0.2) is 4.39 Å². The molecule has 1 aromatic heterocycles. The second-order valence-electron chi connectivity index (χ2n) is 7.16. The average molecular weight is 418 g/mol. The standard InChI is InChI=1S/C25H23FN2O3/c1-30-19-10-6-17(7-11-19)22(23-15-27-24-5-3-2-4-21(23)24)14-28-25(29)16-31-20-12-8-18(26)9-13-20/h2-13,15,22,27H,14,16H2,1H3,(H,28,29). The van der Waals surface area contributed by atoms with Gasteiger partial charge < -0.3 is 19.8 Å². The summed E-state index contributed by atoms with van der Waals surface area (Å²) in [6.07, 6.45) is 1.99. The van der Waals surface area contributed by atoms with E-state index in [0.29, 0.717) is 12.3 Å².